The van der Waals surface area contributed by atoms with Crippen LogP contribution in [-0.2, 0) is 21.8 Å². The largest absolute Gasteiger partial charge is 0.466 e. The van der Waals surface area contributed by atoms with Gasteiger partial charge in [0.25, 0.3) is 6.43 Å². The molecule has 3 nitrogen and oxygen atoms in total. The fraction of sp³-hybridized carbons (Fsp3) is 0.455. The van der Waals surface area contributed by atoms with E-state index in [0.29, 0.717) is 0 Å². The molecule has 0 spiro atoms. The molecule has 0 aromatic carbocycles. The number of hydrogen-bond donors (Lipinski definition) is 0. The van der Waals surface area contributed by atoms with Gasteiger partial charge >= 0.3 is 5.97 Å². The Morgan fingerprint density at radius 2 is 2.22 bits per heavy atom. The monoisotopic (exact) mass is 297 g/mol. The van der Waals surface area contributed by atoms with Crippen LogP contribution >= 0.6 is 23.2 Å². The normalized spacial score (nSPS) is 10.8. The molecule has 0 aliphatic carbocycles. The van der Waals surface area contributed by atoms with E-state index in [-0.39, 0.29) is 35.2 Å². The second-order valence-electron chi connectivity index (χ2n) is 3.38. The molecule has 0 radical (unpaired) electrons. The summed E-state index contributed by atoms with van der Waals surface area (Å²) < 4.78 is 30.2. The van der Waals surface area contributed by atoms with Gasteiger partial charge in [-0.25, -0.2) is 13.8 Å². The number of halogens is 4. The van der Waals surface area contributed by atoms with E-state index in [1.54, 1.807) is 6.92 Å². The maximum absolute atomic E-state index is 12.7. The van der Waals surface area contributed by atoms with Crippen molar-refractivity contribution >= 4 is 29.2 Å². The standard InChI is InChI=1S/C11H11Cl2F2NO2/c1-2-18-9(17)4-8-7(13)3-6(5-12)10(16-8)11(14)15/h3,11H,2,4-5H2,1H3. The van der Waals surface area contributed by atoms with Crippen LogP contribution in [0, 0.1) is 0 Å². The molecule has 7 heteroatoms. The highest BCUT2D eigenvalue weighted by atomic mass is 35.5. The lowest BCUT2D eigenvalue weighted by Crippen LogP contribution is -2.11. The zero-order valence-corrected chi connectivity index (χ0v) is 11.1. The highest BCUT2D eigenvalue weighted by Gasteiger charge is 2.19. The molecule has 1 aromatic rings. The Morgan fingerprint density at radius 1 is 1.56 bits per heavy atom. The minimum Gasteiger partial charge on any atom is -0.466 e. The number of ether oxygens (including phenoxy) is 1. The third kappa shape index (κ3) is 3.78. The molecule has 0 bridgehead atoms. The summed E-state index contributed by atoms with van der Waals surface area (Å²) in [6.07, 6.45) is -3.01. The van der Waals surface area contributed by atoms with Crippen LogP contribution in [0.5, 0.6) is 0 Å². The number of nitrogens with zero attached hydrogens (tertiary/aromatic N) is 1. The Morgan fingerprint density at radius 3 is 2.72 bits per heavy atom. The van der Waals surface area contributed by atoms with E-state index in [4.69, 9.17) is 27.9 Å². The van der Waals surface area contributed by atoms with Gasteiger partial charge in [0.05, 0.1) is 23.7 Å². The molecule has 0 atom stereocenters. The minimum absolute atomic E-state index is 0.0688. The number of carbonyl (C=O) groups is 1. The molecular formula is C11H11Cl2F2NO2. The van der Waals surface area contributed by atoms with Crippen LogP contribution in [0.25, 0.3) is 0 Å². The van der Waals surface area contributed by atoms with Crippen molar-refractivity contribution in [3.8, 4) is 0 Å². The summed E-state index contributed by atoms with van der Waals surface area (Å²) in [5.74, 6) is -0.683. The van der Waals surface area contributed by atoms with Crippen LogP contribution in [0.1, 0.15) is 30.3 Å². The van der Waals surface area contributed by atoms with Crippen LogP contribution in [0.4, 0.5) is 8.78 Å². The van der Waals surface area contributed by atoms with E-state index in [1.807, 2.05) is 0 Å². The van der Waals surface area contributed by atoms with Gasteiger partial charge in [0.1, 0.15) is 5.69 Å². The second-order valence-corrected chi connectivity index (χ2v) is 4.05. The highest BCUT2D eigenvalue weighted by molar-refractivity contribution is 6.31. The maximum atomic E-state index is 12.7. The fourth-order valence-electron chi connectivity index (χ4n) is 1.35. The van der Waals surface area contributed by atoms with Crippen molar-refractivity contribution in [2.45, 2.75) is 25.7 Å². The minimum atomic E-state index is -2.77. The predicted molar refractivity (Wildman–Crippen MR) is 64.1 cm³/mol. The number of carbonyl (C=O) groups excluding carboxylic acids is 1. The molecule has 1 heterocycles. The smallest absolute Gasteiger partial charge is 0.311 e. The fourth-order valence-corrected chi connectivity index (χ4v) is 1.80. The van der Waals surface area contributed by atoms with Crippen molar-refractivity contribution < 1.29 is 18.3 Å². The number of hydrogen-bond acceptors (Lipinski definition) is 3. The van der Waals surface area contributed by atoms with Crippen LogP contribution in [-0.4, -0.2) is 17.6 Å². The van der Waals surface area contributed by atoms with E-state index in [1.165, 1.54) is 6.07 Å². The van der Waals surface area contributed by atoms with E-state index in [0.717, 1.165) is 0 Å². The van der Waals surface area contributed by atoms with Crippen LogP contribution in [0.3, 0.4) is 0 Å². The average molecular weight is 298 g/mol. The number of aromatic nitrogens is 1. The zero-order valence-electron chi connectivity index (χ0n) is 9.55. The molecule has 0 saturated heterocycles. The lowest BCUT2D eigenvalue weighted by Gasteiger charge is -2.10. The topological polar surface area (TPSA) is 39.2 Å². The Labute approximate surface area is 113 Å². The molecule has 0 unspecified atom stereocenters. The maximum Gasteiger partial charge on any atom is 0.311 e. The highest BCUT2D eigenvalue weighted by Crippen LogP contribution is 2.27. The summed E-state index contributed by atoms with van der Waals surface area (Å²) in [7, 11) is 0. The molecule has 100 valence electrons. The number of alkyl halides is 3. The van der Waals surface area contributed by atoms with E-state index < -0.39 is 18.1 Å². The predicted octanol–water partition coefficient (Wildman–Crippen LogP) is 3.52. The van der Waals surface area contributed by atoms with Gasteiger partial charge in [-0.3, -0.25) is 4.79 Å². The van der Waals surface area contributed by atoms with Gasteiger partial charge in [-0.1, -0.05) is 11.6 Å². The average Bonchev–Trinajstić information content (AvgIpc) is 2.31. The van der Waals surface area contributed by atoms with E-state index in [9.17, 15) is 13.6 Å². The van der Waals surface area contributed by atoms with Gasteiger partial charge in [0.2, 0.25) is 0 Å². The lowest BCUT2D eigenvalue weighted by molar-refractivity contribution is -0.142. The molecule has 1 aromatic heterocycles. The summed E-state index contributed by atoms with van der Waals surface area (Å²) >= 11 is 11.4. The van der Waals surface area contributed by atoms with Crippen LogP contribution < -0.4 is 0 Å². The summed E-state index contributed by atoms with van der Waals surface area (Å²) in [6, 6.07) is 1.30. The van der Waals surface area contributed by atoms with Crippen molar-refractivity contribution in [3.63, 3.8) is 0 Å². The van der Waals surface area contributed by atoms with Crippen LogP contribution in [0.15, 0.2) is 6.07 Å². The summed E-state index contributed by atoms with van der Waals surface area (Å²) in [6.45, 7) is 1.85. The Balaban J connectivity index is 3.05. The zero-order chi connectivity index (χ0) is 13.7. The molecular weight excluding hydrogens is 287 g/mol. The Bertz CT molecular complexity index is 441. The van der Waals surface area contributed by atoms with E-state index in [2.05, 4.69) is 4.98 Å². The Hall–Kier alpha value is -0.940. The van der Waals surface area contributed by atoms with Gasteiger partial charge in [0, 0.05) is 5.88 Å². The van der Waals surface area contributed by atoms with Crippen molar-refractivity contribution in [2.75, 3.05) is 6.61 Å². The quantitative estimate of drug-likeness (QED) is 0.617. The lowest BCUT2D eigenvalue weighted by atomic mass is 10.1. The van der Waals surface area contributed by atoms with Crippen molar-refractivity contribution in [1.82, 2.24) is 4.98 Å². The van der Waals surface area contributed by atoms with Crippen molar-refractivity contribution in [1.29, 1.82) is 0 Å². The van der Waals surface area contributed by atoms with Gasteiger partial charge in [0.15, 0.2) is 0 Å². The molecule has 0 fully saturated rings. The summed E-state index contributed by atoms with van der Waals surface area (Å²) in [5, 5.41) is 0.128. The first-order valence-electron chi connectivity index (χ1n) is 5.17. The second kappa shape index (κ2) is 6.85. The van der Waals surface area contributed by atoms with Gasteiger partial charge < -0.3 is 4.74 Å². The molecule has 0 amide bonds. The van der Waals surface area contributed by atoms with Gasteiger partial charge in [-0.2, -0.15) is 0 Å². The third-order valence-electron chi connectivity index (χ3n) is 2.13. The number of rotatable bonds is 5. The van der Waals surface area contributed by atoms with E-state index >= 15 is 0 Å². The molecule has 1 rings (SSSR count). The first kappa shape index (κ1) is 15.1. The molecule has 18 heavy (non-hydrogen) atoms. The van der Waals surface area contributed by atoms with Gasteiger partial charge in [-0.05, 0) is 18.6 Å². The summed E-state index contributed by atoms with van der Waals surface area (Å²) in [4.78, 5) is 15.0. The van der Waals surface area contributed by atoms with Crippen molar-refractivity contribution in [2.24, 2.45) is 0 Å². The van der Waals surface area contributed by atoms with Crippen molar-refractivity contribution in [3.05, 3.63) is 28.0 Å². The molecule has 0 N–H and O–H groups in total. The Kier molecular flexibility index (Phi) is 5.75. The molecule has 0 aliphatic rings. The SMILES string of the molecule is CCOC(=O)Cc1nc(C(F)F)c(CCl)cc1Cl. The summed E-state index contributed by atoms with van der Waals surface area (Å²) in [5.41, 5.74) is -0.225. The number of pyridine rings is 1. The van der Waals surface area contributed by atoms with Gasteiger partial charge in [-0.15, -0.1) is 11.6 Å². The molecule has 0 aliphatic heterocycles. The first-order valence-corrected chi connectivity index (χ1v) is 6.08. The molecule has 0 saturated carbocycles. The number of esters is 1. The van der Waals surface area contributed by atoms with Crippen LogP contribution in [0.2, 0.25) is 5.02 Å². The third-order valence-corrected chi connectivity index (χ3v) is 2.74. The first-order chi connectivity index (χ1) is 8.49.